The molecular formula is C15H14ClN3O2. The van der Waals surface area contributed by atoms with Crippen LogP contribution in [0.25, 0.3) is 0 Å². The van der Waals surface area contributed by atoms with Crippen LogP contribution in [0.15, 0.2) is 42.7 Å². The van der Waals surface area contributed by atoms with Crippen molar-refractivity contribution in [3.63, 3.8) is 0 Å². The molecule has 0 radical (unpaired) electrons. The normalized spacial score (nSPS) is 10.0. The van der Waals surface area contributed by atoms with Gasteiger partial charge in [-0.05, 0) is 30.3 Å². The first-order chi connectivity index (χ1) is 9.99. The van der Waals surface area contributed by atoms with Gasteiger partial charge in [0.15, 0.2) is 0 Å². The number of benzene rings is 1. The predicted octanol–water partition coefficient (Wildman–Crippen LogP) is 2.97. The second kappa shape index (κ2) is 6.37. The highest BCUT2D eigenvalue weighted by Crippen LogP contribution is 2.24. The molecule has 1 heterocycles. The lowest BCUT2D eigenvalue weighted by Gasteiger charge is -2.17. The standard InChI is InChI=1S/C15H14ClN3O2/c1-10(20)18-14-8-11(5-6-13(14)16)15(21)19(2)12-4-3-7-17-9-12/h3-9H,1-2H3,(H,18,20). The van der Waals surface area contributed by atoms with E-state index < -0.39 is 0 Å². The summed E-state index contributed by atoms with van der Waals surface area (Å²) in [5.74, 6) is -0.464. The van der Waals surface area contributed by atoms with Crippen molar-refractivity contribution in [1.29, 1.82) is 0 Å². The predicted molar refractivity (Wildman–Crippen MR) is 82.7 cm³/mol. The first-order valence-electron chi connectivity index (χ1n) is 6.24. The molecule has 0 aliphatic heterocycles. The highest BCUT2D eigenvalue weighted by Gasteiger charge is 2.15. The van der Waals surface area contributed by atoms with Crippen molar-refractivity contribution in [2.45, 2.75) is 6.92 Å². The molecule has 2 aromatic rings. The van der Waals surface area contributed by atoms with Gasteiger partial charge in [-0.15, -0.1) is 0 Å². The van der Waals surface area contributed by atoms with Crippen molar-refractivity contribution in [2.75, 3.05) is 17.3 Å². The van der Waals surface area contributed by atoms with Crippen molar-refractivity contribution < 1.29 is 9.59 Å². The largest absolute Gasteiger partial charge is 0.325 e. The Balaban J connectivity index is 2.29. The topological polar surface area (TPSA) is 62.3 Å². The average molecular weight is 304 g/mol. The molecule has 0 aliphatic carbocycles. The molecule has 2 amide bonds. The maximum Gasteiger partial charge on any atom is 0.258 e. The molecule has 0 spiro atoms. The van der Waals surface area contributed by atoms with Crippen LogP contribution < -0.4 is 10.2 Å². The SMILES string of the molecule is CC(=O)Nc1cc(C(=O)N(C)c2cccnc2)ccc1Cl. The summed E-state index contributed by atoms with van der Waals surface area (Å²) in [6.07, 6.45) is 3.24. The van der Waals surface area contributed by atoms with Gasteiger partial charge in [-0.25, -0.2) is 0 Å². The number of nitrogens with zero attached hydrogens (tertiary/aromatic N) is 2. The number of anilines is 2. The number of carbonyl (C=O) groups is 2. The van der Waals surface area contributed by atoms with E-state index in [-0.39, 0.29) is 11.8 Å². The van der Waals surface area contributed by atoms with Gasteiger partial charge in [0.1, 0.15) is 0 Å². The summed E-state index contributed by atoms with van der Waals surface area (Å²) in [4.78, 5) is 29.0. The molecule has 2 rings (SSSR count). The number of aromatic nitrogens is 1. The van der Waals surface area contributed by atoms with Crippen LogP contribution in [0.4, 0.5) is 11.4 Å². The number of hydrogen-bond donors (Lipinski definition) is 1. The van der Waals surface area contributed by atoms with E-state index >= 15 is 0 Å². The van der Waals surface area contributed by atoms with E-state index in [0.29, 0.717) is 22.0 Å². The smallest absolute Gasteiger partial charge is 0.258 e. The van der Waals surface area contributed by atoms with Gasteiger partial charge >= 0.3 is 0 Å². The average Bonchev–Trinajstić information content (AvgIpc) is 2.48. The van der Waals surface area contributed by atoms with Gasteiger partial charge in [-0.2, -0.15) is 0 Å². The molecular weight excluding hydrogens is 290 g/mol. The second-order valence-electron chi connectivity index (χ2n) is 4.45. The summed E-state index contributed by atoms with van der Waals surface area (Å²) in [5.41, 5.74) is 1.52. The van der Waals surface area contributed by atoms with Gasteiger partial charge in [0.2, 0.25) is 5.91 Å². The van der Waals surface area contributed by atoms with E-state index in [4.69, 9.17) is 11.6 Å². The minimum atomic E-state index is -0.248. The third-order valence-corrected chi connectivity index (χ3v) is 3.19. The van der Waals surface area contributed by atoms with Crippen molar-refractivity contribution in [1.82, 2.24) is 4.98 Å². The van der Waals surface area contributed by atoms with Crippen LogP contribution >= 0.6 is 11.6 Å². The van der Waals surface area contributed by atoms with Crippen LogP contribution in [-0.4, -0.2) is 23.8 Å². The molecule has 0 unspecified atom stereocenters. The summed E-state index contributed by atoms with van der Waals surface area (Å²) in [7, 11) is 1.66. The first kappa shape index (κ1) is 15.0. The number of amides is 2. The van der Waals surface area contributed by atoms with E-state index in [0.717, 1.165) is 0 Å². The number of carbonyl (C=O) groups excluding carboxylic acids is 2. The van der Waals surface area contributed by atoms with Crippen molar-refractivity contribution in [3.8, 4) is 0 Å². The van der Waals surface area contributed by atoms with Crippen LogP contribution in [0, 0.1) is 0 Å². The van der Waals surface area contributed by atoms with Gasteiger partial charge < -0.3 is 10.2 Å². The molecule has 0 aliphatic rings. The molecule has 0 bridgehead atoms. The van der Waals surface area contributed by atoms with E-state index in [2.05, 4.69) is 10.3 Å². The summed E-state index contributed by atoms with van der Waals surface area (Å²) in [6.45, 7) is 1.38. The van der Waals surface area contributed by atoms with E-state index in [9.17, 15) is 9.59 Å². The zero-order chi connectivity index (χ0) is 15.4. The first-order valence-corrected chi connectivity index (χ1v) is 6.62. The minimum absolute atomic E-state index is 0.216. The molecule has 1 aromatic carbocycles. The minimum Gasteiger partial charge on any atom is -0.325 e. The molecule has 1 aromatic heterocycles. The van der Waals surface area contributed by atoms with Gasteiger partial charge in [-0.1, -0.05) is 11.6 Å². The molecule has 1 N–H and O–H groups in total. The van der Waals surface area contributed by atoms with Crippen molar-refractivity contribution in [2.24, 2.45) is 0 Å². The third kappa shape index (κ3) is 3.58. The molecule has 0 fully saturated rings. The zero-order valence-corrected chi connectivity index (χ0v) is 12.4. The monoisotopic (exact) mass is 303 g/mol. The number of rotatable bonds is 3. The van der Waals surface area contributed by atoms with Crippen LogP contribution in [0.1, 0.15) is 17.3 Å². The lowest BCUT2D eigenvalue weighted by Crippen LogP contribution is -2.26. The fourth-order valence-corrected chi connectivity index (χ4v) is 1.97. The van der Waals surface area contributed by atoms with Crippen LogP contribution in [0.3, 0.4) is 0 Å². The van der Waals surface area contributed by atoms with E-state index in [1.165, 1.54) is 11.8 Å². The Morgan fingerprint density at radius 1 is 1.29 bits per heavy atom. The highest BCUT2D eigenvalue weighted by molar-refractivity contribution is 6.34. The maximum absolute atomic E-state index is 12.4. The van der Waals surface area contributed by atoms with Crippen LogP contribution in [-0.2, 0) is 4.79 Å². The van der Waals surface area contributed by atoms with E-state index in [1.54, 1.807) is 49.8 Å². The maximum atomic E-state index is 12.4. The molecule has 21 heavy (non-hydrogen) atoms. The Kier molecular flexibility index (Phi) is 4.55. The molecule has 6 heteroatoms. The Morgan fingerprint density at radius 2 is 2.05 bits per heavy atom. The number of nitrogens with one attached hydrogen (secondary N) is 1. The Morgan fingerprint density at radius 3 is 2.67 bits per heavy atom. The summed E-state index contributed by atoms with van der Waals surface area (Å²) in [6, 6.07) is 8.29. The van der Waals surface area contributed by atoms with Crippen molar-refractivity contribution >= 4 is 34.8 Å². The fourth-order valence-electron chi connectivity index (χ4n) is 1.81. The lowest BCUT2D eigenvalue weighted by atomic mass is 10.1. The molecule has 0 saturated heterocycles. The van der Waals surface area contributed by atoms with Crippen LogP contribution in [0.2, 0.25) is 5.02 Å². The third-order valence-electron chi connectivity index (χ3n) is 2.86. The lowest BCUT2D eigenvalue weighted by molar-refractivity contribution is -0.114. The fraction of sp³-hybridized carbons (Fsp3) is 0.133. The summed E-state index contributed by atoms with van der Waals surface area (Å²) < 4.78 is 0. The quantitative estimate of drug-likeness (QED) is 0.948. The molecule has 0 saturated carbocycles. The summed E-state index contributed by atoms with van der Waals surface area (Å²) >= 11 is 5.99. The zero-order valence-electron chi connectivity index (χ0n) is 11.6. The summed E-state index contributed by atoms with van der Waals surface area (Å²) in [5, 5.41) is 2.97. The molecule has 108 valence electrons. The van der Waals surface area contributed by atoms with Crippen molar-refractivity contribution in [3.05, 3.63) is 53.3 Å². The number of hydrogen-bond acceptors (Lipinski definition) is 3. The second-order valence-corrected chi connectivity index (χ2v) is 4.86. The van der Waals surface area contributed by atoms with Gasteiger partial charge in [0, 0.05) is 25.7 Å². The molecule has 0 atom stereocenters. The number of pyridine rings is 1. The molecule has 5 nitrogen and oxygen atoms in total. The highest BCUT2D eigenvalue weighted by atomic mass is 35.5. The Bertz CT molecular complexity index is 674. The Hall–Kier alpha value is -2.40. The van der Waals surface area contributed by atoms with E-state index in [1.807, 2.05) is 0 Å². The Labute approximate surface area is 127 Å². The number of halogens is 1. The van der Waals surface area contributed by atoms with Gasteiger partial charge in [-0.3, -0.25) is 14.6 Å². The van der Waals surface area contributed by atoms with Crippen LogP contribution in [0.5, 0.6) is 0 Å². The van der Waals surface area contributed by atoms with Gasteiger partial charge in [0.25, 0.3) is 5.91 Å². The van der Waals surface area contributed by atoms with Gasteiger partial charge in [0.05, 0.1) is 22.6 Å².